The summed E-state index contributed by atoms with van der Waals surface area (Å²) in [5.41, 5.74) is 3.03. The Bertz CT molecular complexity index is 549. The van der Waals surface area contributed by atoms with Gasteiger partial charge in [-0.2, -0.15) is 0 Å². The average molecular weight is 268 g/mol. The van der Waals surface area contributed by atoms with Gasteiger partial charge < -0.3 is 10.6 Å². The Morgan fingerprint density at radius 3 is 2.25 bits per heavy atom. The van der Waals surface area contributed by atoms with E-state index < -0.39 is 0 Å². The molecule has 0 saturated carbocycles. The van der Waals surface area contributed by atoms with Gasteiger partial charge in [0, 0.05) is 11.4 Å². The minimum absolute atomic E-state index is 0.0434. The van der Waals surface area contributed by atoms with Gasteiger partial charge in [0.25, 0.3) is 0 Å². The first-order chi connectivity index (χ1) is 9.69. The Hall–Kier alpha value is -2.29. The molecule has 2 aromatic carbocycles. The highest BCUT2D eigenvalue weighted by Gasteiger charge is 2.12. The van der Waals surface area contributed by atoms with E-state index in [1.165, 1.54) is 5.56 Å². The van der Waals surface area contributed by atoms with E-state index in [-0.39, 0.29) is 11.9 Å². The van der Waals surface area contributed by atoms with Gasteiger partial charge in [-0.05, 0) is 43.2 Å². The lowest BCUT2D eigenvalue weighted by atomic mass is 10.1. The molecule has 0 heterocycles. The third-order valence-corrected chi connectivity index (χ3v) is 3.18. The Kier molecular flexibility index (Phi) is 4.77. The third-order valence-electron chi connectivity index (χ3n) is 3.18. The van der Waals surface area contributed by atoms with Crippen LogP contribution in [-0.4, -0.2) is 11.9 Å². The summed E-state index contributed by atoms with van der Waals surface area (Å²) in [5.74, 6) is -0.0434. The molecule has 0 saturated heterocycles. The van der Waals surface area contributed by atoms with Crippen LogP contribution in [0, 0.1) is 0 Å². The van der Waals surface area contributed by atoms with Gasteiger partial charge in [-0.3, -0.25) is 4.79 Å². The molecule has 1 amide bonds. The van der Waals surface area contributed by atoms with E-state index in [0.717, 1.165) is 17.8 Å². The second-order valence-electron chi connectivity index (χ2n) is 4.77. The quantitative estimate of drug-likeness (QED) is 0.868. The van der Waals surface area contributed by atoms with Crippen molar-refractivity contribution < 1.29 is 4.79 Å². The van der Waals surface area contributed by atoms with E-state index in [1.54, 1.807) is 0 Å². The molecule has 0 radical (unpaired) electrons. The fraction of sp³-hybridized carbons (Fsp3) is 0.235. The number of hydrogen-bond acceptors (Lipinski definition) is 2. The predicted molar refractivity (Wildman–Crippen MR) is 84.0 cm³/mol. The SMILES string of the molecule is CCc1ccc(NC(=O)C(C)Nc2ccccc2)cc1. The van der Waals surface area contributed by atoms with Gasteiger partial charge in [0.15, 0.2) is 0 Å². The minimum Gasteiger partial charge on any atom is -0.374 e. The number of nitrogens with one attached hydrogen (secondary N) is 2. The summed E-state index contributed by atoms with van der Waals surface area (Å²) in [6.45, 7) is 3.96. The maximum absolute atomic E-state index is 12.1. The summed E-state index contributed by atoms with van der Waals surface area (Å²) in [6, 6.07) is 17.4. The monoisotopic (exact) mass is 268 g/mol. The van der Waals surface area contributed by atoms with Crippen LogP contribution >= 0.6 is 0 Å². The molecule has 0 aliphatic heterocycles. The van der Waals surface area contributed by atoms with Crippen molar-refractivity contribution in [2.45, 2.75) is 26.3 Å². The molecule has 0 aromatic heterocycles. The summed E-state index contributed by atoms with van der Waals surface area (Å²) < 4.78 is 0. The Morgan fingerprint density at radius 1 is 1.00 bits per heavy atom. The number of para-hydroxylation sites is 1. The van der Waals surface area contributed by atoms with Crippen LogP contribution in [0.1, 0.15) is 19.4 Å². The maximum atomic E-state index is 12.1. The van der Waals surface area contributed by atoms with Crippen LogP contribution in [0.3, 0.4) is 0 Å². The normalized spacial score (nSPS) is 11.7. The highest BCUT2D eigenvalue weighted by Crippen LogP contribution is 2.12. The van der Waals surface area contributed by atoms with Crippen LogP contribution in [0.2, 0.25) is 0 Å². The Morgan fingerprint density at radius 2 is 1.65 bits per heavy atom. The predicted octanol–water partition coefficient (Wildman–Crippen LogP) is 3.69. The largest absolute Gasteiger partial charge is 0.374 e. The fourth-order valence-corrected chi connectivity index (χ4v) is 1.92. The fourth-order valence-electron chi connectivity index (χ4n) is 1.92. The van der Waals surface area contributed by atoms with E-state index in [0.29, 0.717) is 0 Å². The maximum Gasteiger partial charge on any atom is 0.246 e. The number of carbonyl (C=O) groups is 1. The minimum atomic E-state index is -0.289. The Labute approximate surface area is 120 Å². The number of benzene rings is 2. The summed E-state index contributed by atoms with van der Waals surface area (Å²) in [5, 5.41) is 6.08. The molecule has 2 aromatic rings. The molecular weight excluding hydrogens is 248 g/mol. The van der Waals surface area contributed by atoms with E-state index in [4.69, 9.17) is 0 Å². The average Bonchev–Trinajstić information content (AvgIpc) is 2.49. The summed E-state index contributed by atoms with van der Waals surface area (Å²) in [4.78, 5) is 12.1. The van der Waals surface area contributed by atoms with Crippen LogP contribution in [0.25, 0.3) is 0 Å². The van der Waals surface area contributed by atoms with Crippen molar-refractivity contribution in [3.8, 4) is 0 Å². The molecule has 0 aliphatic carbocycles. The lowest BCUT2D eigenvalue weighted by Crippen LogP contribution is -2.31. The zero-order valence-electron chi connectivity index (χ0n) is 11.9. The summed E-state index contributed by atoms with van der Waals surface area (Å²) >= 11 is 0. The van der Waals surface area contributed by atoms with Crippen molar-refractivity contribution in [1.29, 1.82) is 0 Å². The summed E-state index contributed by atoms with van der Waals surface area (Å²) in [6.07, 6.45) is 1.00. The lowest BCUT2D eigenvalue weighted by Gasteiger charge is -2.15. The van der Waals surface area contributed by atoms with Crippen molar-refractivity contribution in [1.82, 2.24) is 0 Å². The van der Waals surface area contributed by atoms with E-state index in [1.807, 2.05) is 61.5 Å². The molecular formula is C17H20N2O. The van der Waals surface area contributed by atoms with E-state index >= 15 is 0 Å². The smallest absolute Gasteiger partial charge is 0.246 e. The van der Waals surface area contributed by atoms with Crippen molar-refractivity contribution >= 4 is 17.3 Å². The molecule has 0 fully saturated rings. The van der Waals surface area contributed by atoms with Gasteiger partial charge in [0.2, 0.25) is 5.91 Å². The number of carbonyl (C=O) groups excluding carboxylic acids is 1. The molecule has 3 heteroatoms. The van der Waals surface area contributed by atoms with Gasteiger partial charge in [0.1, 0.15) is 6.04 Å². The molecule has 0 aliphatic rings. The van der Waals surface area contributed by atoms with Crippen LogP contribution in [0.15, 0.2) is 54.6 Å². The standard InChI is InChI=1S/C17H20N2O/c1-3-14-9-11-16(12-10-14)19-17(20)13(2)18-15-7-5-4-6-8-15/h4-13,18H,3H2,1-2H3,(H,19,20). The molecule has 2 N–H and O–H groups in total. The van der Waals surface area contributed by atoms with Crippen molar-refractivity contribution in [3.05, 3.63) is 60.2 Å². The van der Waals surface area contributed by atoms with Crippen LogP contribution < -0.4 is 10.6 Å². The highest BCUT2D eigenvalue weighted by molar-refractivity contribution is 5.96. The van der Waals surface area contributed by atoms with Crippen LogP contribution in [0.4, 0.5) is 11.4 Å². The molecule has 1 atom stereocenters. The Balaban J connectivity index is 1.93. The van der Waals surface area contributed by atoms with Crippen molar-refractivity contribution in [3.63, 3.8) is 0 Å². The van der Waals surface area contributed by atoms with E-state index in [9.17, 15) is 4.79 Å². The number of aryl methyl sites for hydroxylation is 1. The molecule has 104 valence electrons. The molecule has 1 unspecified atom stereocenters. The highest BCUT2D eigenvalue weighted by atomic mass is 16.2. The van der Waals surface area contributed by atoms with Crippen LogP contribution in [0.5, 0.6) is 0 Å². The second kappa shape index (κ2) is 6.75. The number of hydrogen-bond donors (Lipinski definition) is 2. The van der Waals surface area contributed by atoms with Gasteiger partial charge in [-0.1, -0.05) is 37.3 Å². The molecule has 2 rings (SSSR count). The van der Waals surface area contributed by atoms with Gasteiger partial charge >= 0.3 is 0 Å². The van der Waals surface area contributed by atoms with Gasteiger partial charge in [0.05, 0.1) is 0 Å². The first-order valence-corrected chi connectivity index (χ1v) is 6.90. The van der Waals surface area contributed by atoms with E-state index in [2.05, 4.69) is 17.6 Å². The number of rotatable bonds is 5. The lowest BCUT2D eigenvalue weighted by molar-refractivity contribution is -0.116. The van der Waals surface area contributed by atoms with Gasteiger partial charge in [-0.25, -0.2) is 0 Å². The molecule has 0 spiro atoms. The van der Waals surface area contributed by atoms with Gasteiger partial charge in [-0.15, -0.1) is 0 Å². The zero-order chi connectivity index (χ0) is 14.4. The zero-order valence-corrected chi connectivity index (χ0v) is 11.9. The number of anilines is 2. The second-order valence-corrected chi connectivity index (χ2v) is 4.77. The molecule has 0 bridgehead atoms. The summed E-state index contributed by atoms with van der Waals surface area (Å²) in [7, 11) is 0. The number of amides is 1. The first kappa shape index (κ1) is 14.1. The molecule has 3 nitrogen and oxygen atoms in total. The van der Waals surface area contributed by atoms with Crippen LogP contribution in [-0.2, 0) is 11.2 Å². The first-order valence-electron chi connectivity index (χ1n) is 6.90. The third kappa shape index (κ3) is 3.85. The van der Waals surface area contributed by atoms with Crippen molar-refractivity contribution in [2.24, 2.45) is 0 Å². The van der Waals surface area contributed by atoms with Crippen molar-refractivity contribution in [2.75, 3.05) is 10.6 Å². The topological polar surface area (TPSA) is 41.1 Å². The molecule has 20 heavy (non-hydrogen) atoms.